The number of rotatable bonds is 12. The van der Waals surface area contributed by atoms with E-state index in [1.165, 1.54) is 18.7 Å². The highest BCUT2D eigenvalue weighted by Crippen LogP contribution is 2.19. The van der Waals surface area contributed by atoms with Crippen LogP contribution in [0.3, 0.4) is 0 Å². The monoisotopic (exact) mass is 470 g/mol. The molecule has 0 aliphatic carbocycles. The summed E-state index contributed by atoms with van der Waals surface area (Å²) in [6, 6.07) is -3.88. The van der Waals surface area contributed by atoms with Gasteiger partial charge in [-0.05, 0) is 39.0 Å². The Hall–Kier alpha value is -3.18. The number of amides is 4. The second-order valence-corrected chi connectivity index (χ2v) is 8.63. The van der Waals surface area contributed by atoms with Crippen molar-refractivity contribution < 1.29 is 39.0 Å². The Morgan fingerprint density at radius 3 is 2.09 bits per heavy atom. The van der Waals surface area contributed by atoms with Crippen LogP contribution in [0.4, 0.5) is 0 Å². The predicted octanol–water partition coefficient (Wildman–Crippen LogP) is -0.533. The van der Waals surface area contributed by atoms with Crippen molar-refractivity contribution in [1.82, 2.24) is 20.9 Å². The van der Waals surface area contributed by atoms with E-state index in [0.717, 1.165) is 0 Å². The quantitative estimate of drug-likeness (QED) is 0.252. The van der Waals surface area contributed by atoms with Crippen LogP contribution in [0.25, 0.3) is 0 Å². The molecule has 4 amide bonds. The minimum atomic E-state index is -1.15. The fourth-order valence-electron chi connectivity index (χ4n) is 3.51. The first kappa shape index (κ1) is 27.9. The fourth-order valence-corrected chi connectivity index (χ4v) is 3.51. The number of carboxylic acids is 2. The molecule has 1 heterocycles. The Kier molecular flexibility index (Phi) is 10.8. The minimum absolute atomic E-state index is 0.0505. The molecule has 0 aromatic heterocycles. The third kappa shape index (κ3) is 9.07. The molecule has 33 heavy (non-hydrogen) atoms. The Balaban J connectivity index is 2.68. The molecule has 12 nitrogen and oxygen atoms in total. The highest BCUT2D eigenvalue weighted by atomic mass is 16.4. The number of aliphatic carboxylic acids is 2. The molecule has 0 aromatic carbocycles. The van der Waals surface area contributed by atoms with Gasteiger partial charge < -0.3 is 31.1 Å². The molecule has 0 saturated carbocycles. The average Bonchev–Trinajstić information content (AvgIpc) is 3.20. The van der Waals surface area contributed by atoms with E-state index in [1.54, 1.807) is 0 Å². The summed E-state index contributed by atoms with van der Waals surface area (Å²) in [7, 11) is 0. The van der Waals surface area contributed by atoms with E-state index in [9.17, 15) is 33.9 Å². The topological polar surface area (TPSA) is 182 Å². The van der Waals surface area contributed by atoms with Crippen LogP contribution in [0.1, 0.15) is 59.8 Å². The first-order valence-corrected chi connectivity index (χ1v) is 11.0. The van der Waals surface area contributed by atoms with E-state index < -0.39 is 59.7 Å². The van der Waals surface area contributed by atoms with Gasteiger partial charge in [-0.2, -0.15) is 0 Å². The third-order valence-corrected chi connectivity index (χ3v) is 5.23. The van der Waals surface area contributed by atoms with Crippen LogP contribution in [0.2, 0.25) is 0 Å². The van der Waals surface area contributed by atoms with Crippen molar-refractivity contribution in [2.45, 2.75) is 84.0 Å². The van der Waals surface area contributed by atoms with Gasteiger partial charge in [-0.25, -0.2) is 4.79 Å². The van der Waals surface area contributed by atoms with Gasteiger partial charge in [-0.3, -0.25) is 24.0 Å². The number of likely N-dealkylation sites (tertiary alicyclic amines) is 1. The maximum atomic E-state index is 12.9. The highest BCUT2D eigenvalue weighted by Gasteiger charge is 2.38. The first-order valence-electron chi connectivity index (χ1n) is 11.0. The summed E-state index contributed by atoms with van der Waals surface area (Å²) in [5.41, 5.74) is 0. The average molecular weight is 471 g/mol. The van der Waals surface area contributed by atoms with Gasteiger partial charge >= 0.3 is 11.9 Å². The number of carboxylic acid groups (broad SMARTS) is 2. The summed E-state index contributed by atoms with van der Waals surface area (Å²) in [4.78, 5) is 72.9. The van der Waals surface area contributed by atoms with Crippen LogP contribution in [-0.2, 0) is 28.8 Å². The van der Waals surface area contributed by atoms with Gasteiger partial charge in [-0.15, -0.1) is 0 Å². The van der Waals surface area contributed by atoms with Crippen LogP contribution in [0.5, 0.6) is 0 Å². The van der Waals surface area contributed by atoms with Crippen LogP contribution in [-0.4, -0.2) is 81.4 Å². The lowest BCUT2D eigenvalue weighted by Gasteiger charge is -2.28. The van der Waals surface area contributed by atoms with E-state index in [4.69, 9.17) is 5.11 Å². The van der Waals surface area contributed by atoms with Crippen molar-refractivity contribution in [2.75, 3.05) is 6.54 Å². The van der Waals surface area contributed by atoms with Gasteiger partial charge in [0.2, 0.25) is 23.6 Å². The molecule has 0 unspecified atom stereocenters. The Morgan fingerprint density at radius 2 is 1.55 bits per heavy atom. The lowest BCUT2D eigenvalue weighted by atomic mass is 10.0. The van der Waals surface area contributed by atoms with Crippen molar-refractivity contribution in [3.05, 3.63) is 0 Å². The molecular formula is C21H34N4O8. The van der Waals surface area contributed by atoms with Crippen LogP contribution < -0.4 is 16.0 Å². The first-order chi connectivity index (χ1) is 15.3. The molecule has 1 saturated heterocycles. The molecule has 0 bridgehead atoms. The molecule has 1 aliphatic heterocycles. The van der Waals surface area contributed by atoms with E-state index >= 15 is 0 Å². The molecule has 12 heteroatoms. The maximum absolute atomic E-state index is 12.9. The molecule has 5 N–H and O–H groups in total. The van der Waals surface area contributed by atoms with Crippen molar-refractivity contribution in [3.63, 3.8) is 0 Å². The second kappa shape index (κ2) is 12.8. The molecule has 4 atom stereocenters. The van der Waals surface area contributed by atoms with Crippen LogP contribution in [0, 0.1) is 5.92 Å². The normalized spacial score (nSPS) is 18.2. The molecule has 1 fully saturated rings. The fraction of sp³-hybridized carbons (Fsp3) is 0.714. The summed E-state index contributed by atoms with van der Waals surface area (Å²) < 4.78 is 0. The van der Waals surface area contributed by atoms with Crippen molar-refractivity contribution in [3.8, 4) is 0 Å². The zero-order valence-corrected chi connectivity index (χ0v) is 19.4. The van der Waals surface area contributed by atoms with Gasteiger partial charge in [-0.1, -0.05) is 13.8 Å². The lowest BCUT2D eigenvalue weighted by molar-refractivity contribution is -0.145. The van der Waals surface area contributed by atoms with Crippen molar-refractivity contribution in [2.24, 2.45) is 5.92 Å². The number of nitrogens with one attached hydrogen (secondary N) is 3. The number of hydrogen-bond acceptors (Lipinski definition) is 6. The SMILES string of the molecule is CC(C)C[C@H](NC(=O)[C@@H]1CCCN1C(=O)[C@H](C)NC(=O)[C@H](C)NC(=O)CCC(=O)O)C(=O)O. The van der Waals surface area contributed by atoms with E-state index in [-0.39, 0.29) is 25.2 Å². The molecule has 186 valence electrons. The molecule has 0 spiro atoms. The van der Waals surface area contributed by atoms with Crippen LogP contribution >= 0.6 is 0 Å². The second-order valence-electron chi connectivity index (χ2n) is 8.63. The third-order valence-electron chi connectivity index (χ3n) is 5.23. The molecule has 0 aromatic rings. The van der Waals surface area contributed by atoms with E-state index in [2.05, 4.69) is 16.0 Å². The summed E-state index contributed by atoms with van der Waals surface area (Å²) in [6.07, 6.45) is 0.544. The number of carbonyl (C=O) groups excluding carboxylic acids is 4. The zero-order valence-electron chi connectivity index (χ0n) is 19.4. The number of nitrogens with zero attached hydrogens (tertiary/aromatic N) is 1. The van der Waals surface area contributed by atoms with Gasteiger partial charge in [0.25, 0.3) is 0 Å². The number of hydrogen-bond donors (Lipinski definition) is 5. The zero-order chi connectivity index (χ0) is 25.3. The standard InChI is InChI=1S/C21H34N4O8/c1-11(2)10-14(21(32)33)24-19(30)15-6-5-9-25(15)20(31)13(4)23-18(29)12(3)22-16(26)7-8-17(27)28/h11-15H,5-10H2,1-4H3,(H,22,26)(H,23,29)(H,24,30)(H,27,28)(H,32,33)/t12-,13-,14-,15-/m0/s1. The predicted molar refractivity (Wildman–Crippen MR) is 116 cm³/mol. The van der Waals surface area contributed by atoms with Crippen LogP contribution in [0.15, 0.2) is 0 Å². The minimum Gasteiger partial charge on any atom is -0.481 e. The van der Waals surface area contributed by atoms with E-state index in [0.29, 0.717) is 19.4 Å². The maximum Gasteiger partial charge on any atom is 0.326 e. The summed E-state index contributed by atoms with van der Waals surface area (Å²) in [6.45, 7) is 6.82. The summed E-state index contributed by atoms with van der Waals surface area (Å²) >= 11 is 0. The Morgan fingerprint density at radius 1 is 0.909 bits per heavy atom. The Bertz CT molecular complexity index is 769. The molecule has 1 aliphatic rings. The molecule has 0 radical (unpaired) electrons. The lowest BCUT2D eigenvalue weighted by Crippen LogP contribution is -2.56. The largest absolute Gasteiger partial charge is 0.481 e. The van der Waals surface area contributed by atoms with Crippen molar-refractivity contribution in [1.29, 1.82) is 0 Å². The Labute approximate surface area is 192 Å². The van der Waals surface area contributed by atoms with Crippen molar-refractivity contribution >= 4 is 35.6 Å². The molecule has 1 rings (SSSR count). The van der Waals surface area contributed by atoms with Gasteiger partial charge in [0.15, 0.2) is 0 Å². The van der Waals surface area contributed by atoms with Gasteiger partial charge in [0, 0.05) is 13.0 Å². The smallest absolute Gasteiger partial charge is 0.326 e. The van der Waals surface area contributed by atoms with Gasteiger partial charge in [0.1, 0.15) is 24.2 Å². The van der Waals surface area contributed by atoms with Gasteiger partial charge in [0.05, 0.1) is 6.42 Å². The highest BCUT2D eigenvalue weighted by molar-refractivity contribution is 5.95. The number of carbonyl (C=O) groups is 6. The summed E-state index contributed by atoms with van der Waals surface area (Å²) in [5.74, 6) is -4.52. The summed E-state index contributed by atoms with van der Waals surface area (Å²) in [5, 5.41) is 25.3. The molecular weight excluding hydrogens is 436 g/mol. The van der Waals surface area contributed by atoms with E-state index in [1.807, 2.05) is 13.8 Å².